The number of hydrogen-bond acceptors (Lipinski definition) is 5. The molecular weight excluding hydrogens is 306 g/mol. The summed E-state index contributed by atoms with van der Waals surface area (Å²) in [6, 6.07) is 10.2. The smallest absolute Gasteiger partial charge is 0.138 e. The van der Waals surface area contributed by atoms with Crippen LogP contribution in [0.2, 0.25) is 0 Å². The van der Waals surface area contributed by atoms with Crippen LogP contribution in [0.3, 0.4) is 0 Å². The van der Waals surface area contributed by atoms with Crippen molar-refractivity contribution in [2.45, 2.75) is 31.8 Å². The second kappa shape index (κ2) is 5.58. The maximum atomic E-state index is 11.1. The molecule has 1 aromatic carbocycles. The lowest BCUT2D eigenvalue weighted by molar-refractivity contribution is 0.0526. The van der Waals surface area contributed by atoms with Gasteiger partial charge in [-0.15, -0.1) is 11.3 Å². The van der Waals surface area contributed by atoms with Gasteiger partial charge in [-0.25, -0.2) is 9.97 Å². The fourth-order valence-corrected chi connectivity index (χ4v) is 4.06. The summed E-state index contributed by atoms with van der Waals surface area (Å²) in [6.07, 6.45) is 2.47. The molecule has 0 fully saturated rings. The third kappa shape index (κ3) is 2.50. The Balaban J connectivity index is 1.64. The highest BCUT2D eigenvalue weighted by Gasteiger charge is 2.36. The van der Waals surface area contributed by atoms with E-state index in [0.29, 0.717) is 6.54 Å². The van der Waals surface area contributed by atoms with E-state index in [-0.39, 0.29) is 0 Å². The molecule has 118 valence electrons. The number of aryl methyl sites for hydroxylation is 2. The van der Waals surface area contributed by atoms with Gasteiger partial charge in [-0.3, -0.25) is 0 Å². The highest BCUT2D eigenvalue weighted by atomic mass is 32.1. The SMILES string of the molecule is CCc1nc(NCC2(O)CCc3ccccc32)c2ccsc2n1. The third-order valence-corrected chi connectivity index (χ3v) is 5.37. The van der Waals surface area contributed by atoms with Crippen LogP contribution in [0.1, 0.15) is 30.3 Å². The maximum Gasteiger partial charge on any atom is 0.138 e. The summed E-state index contributed by atoms with van der Waals surface area (Å²) in [7, 11) is 0. The minimum absolute atomic E-state index is 0.467. The molecule has 0 radical (unpaired) electrons. The van der Waals surface area contributed by atoms with Crippen molar-refractivity contribution < 1.29 is 5.11 Å². The van der Waals surface area contributed by atoms with Gasteiger partial charge in [0.15, 0.2) is 0 Å². The van der Waals surface area contributed by atoms with Crippen molar-refractivity contribution in [1.82, 2.24) is 9.97 Å². The number of rotatable bonds is 4. The van der Waals surface area contributed by atoms with Crippen molar-refractivity contribution in [2.24, 2.45) is 0 Å². The average molecular weight is 325 g/mol. The van der Waals surface area contributed by atoms with Crippen LogP contribution < -0.4 is 5.32 Å². The molecular formula is C18H19N3OS. The molecule has 4 nitrogen and oxygen atoms in total. The first kappa shape index (κ1) is 14.6. The van der Waals surface area contributed by atoms with E-state index in [9.17, 15) is 5.11 Å². The number of anilines is 1. The Kier molecular flexibility index (Phi) is 3.54. The Morgan fingerprint density at radius 1 is 1.26 bits per heavy atom. The number of nitrogens with zero attached hydrogens (tertiary/aromatic N) is 2. The molecule has 0 saturated heterocycles. The highest BCUT2D eigenvalue weighted by molar-refractivity contribution is 7.16. The number of aliphatic hydroxyl groups is 1. The van der Waals surface area contributed by atoms with E-state index in [2.05, 4.69) is 28.3 Å². The predicted molar refractivity (Wildman–Crippen MR) is 93.9 cm³/mol. The van der Waals surface area contributed by atoms with Crippen LogP contribution in [0, 0.1) is 0 Å². The van der Waals surface area contributed by atoms with Gasteiger partial charge < -0.3 is 10.4 Å². The van der Waals surface area contributed by atoms with Gasteiger partial charge in [0, 0.05) is 13.0 Å². The van der Waals surface area contributed by atoms with E-state index in [1.54, 1.807) is 11.3 Å². The van der Waals surface area contributed by atoms with Crippen LogP contribution >= 0.6 is 11.3 Å². The fraction of sp³-hybridized carbons (Fsp3) is 0.333. The lowest BCUT2D eigenvalue weighted by Gasteiger charge is -2.25. The van der Waals surface area contributed by atoms with Gasteiger partial charge in [0.1, 0.15) is 22.1 Å². The lowest BCUT2D eigenvalue weighted by Crippen LogP contribution is -2.32. The molecule has 5 heteroatoms. The average Bonchev–Trinajstić information content (AvgIpc) is 3.18. The van der Waals surface area contributed by atoms with Gasteiger partial charge in [-0.05, 0) is 35.4 Å². The number of benzene rings is 1. The van der Waals surface area contributed by atoms with Crippen LogP contribution in [0.25, 0.3) is 10.2 Å². The van der Waals surface area contributed by atoms with Crippen LogP contribution in [-0.4, -0.2) is 21.6 Å². The summed E-state index contributed by atoms with van der Waals surface area (Å²) in [5.41, 5.74) is 1.46. The summed E-state index contributed by atoms with van der Waals surface area (Å²) in [4.78, 5) is 10.2. The Labute approximate surface area is 139 Å². The van der Waals surface area contributed by atoms with E-state index in [1.165, 1.54) is 5.56 Å². The van der Waals surface area contributed by atoms with Gasteiger partial charge in [-0.1, -0.05) is 31.2 Å². The van der Waals surface area contributed by atoms with Crippen molar-refractivity contribution in [1.29, 1.82) is 0 Å². The molecule has 1 unspecified atom stereocenters. The zero-order valence-corrected chi connectivity index (χ0v) is 13.9. The summed E-state index contributed by atoms with van der Waals surface area (Å²) >= 11 is 1.62. The van der Waals surface area contributed by atoms with Crippen LogP contribution in [0.15, 0.2) is 35.7 Å². The van der Waals surface area contributed by atoms with Gasteiger partial charge in [0.05, 0.1) is 5.39 Å². The summed E-state index contributed by atoms with van der Waals surface area (Å²) in [5.74, 6) is 1.66. The van der Waals surface area contributed by atoms with Crippen molar-refractivity contribution in [2.75, 3.05) is 11.9 Å². The van der Waals surface area contributed by atoms with Gasteiger partial charge >= 0.3 is 0 Å². The molecule has 1 aliphatic rings. The summed E-state index contributed by atoms with van der Waals surface area (Å²) < 4.78 is 0. The van der Waals surface area contributed by atoms with E-state index in [1.807, 2.05) is 29.6 Å². The number of thiophene rings is 1. The Morgan fingerprint density at radius 2 is 2.13 bits per heavy atom. The third-order valence-electron chi connectivity index (χ3n) is 4.56. The van der Waals surface area contributed by atoms with E-state index in [0.717, 1.165) is 46.7 Å². The highest BCUT2D eigenvalue weighted by Crippen LogP contribution is 2.37. The lowest BCUT2D eigenvalue weighted by atomic mass is 9.96. The summed E-state index contributed by atoms with van der Waals surface area (Å²) in [5, 5.41) is 17.5. The molecule has 4 rings (SSSR count). The second-order valence-electron chi connectivity index (χ2n) is 6.02. The molecule has 0 amide bonds. The largest absolute Gasteiger partial charge is 0.383 e. The molecule has 0 bridgehead atoms. The van der Waals surface area contributed by atoms with Gasteiger partial charge in [-0.2, -0.15) is 0 Å². The molecule has 1 aliphatic carbocycles. The first-order valence-corrected chi connectivity index (χ1v) is 8.86. The number of hydrogen-bond donors (Lipinski definition) is 2. The Hall–Kier alpha value is -1.98. The van der Waals surface area contributed by atoms with Crippen LogP contribution in [0.5, 0.6) is 0 Å². The van der Waals surface area contributed by atoms with E-state index in [4.69, 9.17) is 0 Å². The summed E-state index contributed by atoms with van der Waals surface area (Å²) in [6.45, 7) is 2.52. The molecule has 23 heavy (non-hydrogen) atoms. The van der Waals surface area contributed by atoms with Crippen molar-refractivity contribution in [3.05, 3.63) is 52.7 Å². The zero-order chi connectivity index (χ0) is 15.9. The predicted octanol–water partition coefficient (Wildman–Crippen LogP) is 3.50. The molecule has 3 aromatic rings. The van der Waals surface area contributed by atoms with Crippen LogP contribution in [0.4, 0.5) is 5.82 Å². The normalized spacial score (nSPS) is 19.9. The molecule has 2 aromatic heterocycles. The van der Waals surface area contributed by atoms with E-state index >= 15 is 0 Å². The van der Waals surface area contributed by atoms with Gasteiger partial charge in [0.25, 0.3) is 0 Å². The standard InChI is InChI=1S/C18H19N3OS/c1-2-15-20-16(13-8-10-23-17(13)21-15)19-11-18(22)9-7-12-5-3-4-6-14(12)18/h3-6,8,10,22H,2,7,9,11H2,1H3,(H,19,20,21). The maximum absolute atomic E-state index is 11.1. The first-order chi connectivity index (χ1) is 11.2. The minimum Gasteiger partial charge on any atom is -0.383 e. The molecule has 0 saturated carbocycles. The molecule has 1 atom stereocenters. The van der Waals surface area contributed by atoms with E-state index < -0.39 is 5.60 Å². The minimum atomic E-state index is -0.823. The second-order valence-corrected chi connectivity index (χ2v) is 6.92. The molecule has 0 spiro atoms. The number of nitrogens with one attached hydrogen (secondary N) is 1. The number of aromatic nitrogens is 2. The molecule has 2 N–H and O–H groups in total. The van der Waals surface area contributed by atoms with Gasteiger partial charge in [0.2, 0.25) is 0 Å². The Morgan fingerprint density at radius 3 is 3.00 bits per heavy atom. The molecule has 2 heterocycles. The first-order valence-electron chi connectivity index (χ1n) is 7.98. The van der Waals surface area contributed by atoms with Crippen molar-refractivity contribution >= 4 is 27.4 Å². The fourth-order valence-electron chi connectivity index (χ4n) is 3.27. The Bertz CT molecular complexity index is 860. The number of fused-ring (bicyclic) bond motifs is 2. The zero-order valence-electron chi connectivity index (χ0n) is 13.0. The van der Waals surface area contributed by atoms with Crippen LogP contribution in [-0.2, 0) is 18.4 Å². The topological polar surface area (TPSA) is 58.0 Å². The van der Waals surface area contributed by atoms with Crippen molar-refractivity contribution in [3.63, 3.8) is 0 Å². The molecule has 0 aliphatic heterocycles. The quantitative estimate of drug-likeness (QED) is 0.771. The monoisotopic (exact) mass is 325 g/mol. The van der Waals surface area contributed by atoms with Crippen molar-refractivity contribution in [3.8, 4) is 0 Å².